The van der Waals surface area contributed by atoms with Gasteiger partial charge in [-0.2, -0.15) is 0 Å². The summed E-state index contributed by atoms with van der Waals surface area (Å²) in [5, 5.41) is 4.33. The summed E-state index contributed by atoms with van der Waals surface area (Å²) in [6, 6.07) is 14.2. The third kappa shape index (κ3) is 3.32. The second kappa shape index (κ2) is 5.97. The predicted molar refractivity (Wildman–Crippen MR) is 87.3 cm³/mol. The minimum Gasteiger partial charge on any atom is -0.323 e. The zero-order chi connectivity index (χ0) is 14.8. The van der Waals surface area contributed by atoms with Crippen LogP contribution in [0.2, 0.25) is 10.0 Å². The highest BCUT2D eigenvalue weighted by atomic mass is 35.5. The van der Waals surface area contributed by atoms with Gasteiger partial charge in [0.15, 0.2) is 11.7 Å². The molecular formula is C14H9Cl2N3OS. The van der Waals surface area contributed by atoms with Crippen molar-refractivity contribution >= 4 is 46.0 Å². The Balaban J connectivity index is 1.91. The van der Waals surface area contributed by atoms with E-state index in [1.54, 1.807) is 48.5 Å². The molecule has 0 saturated heterocycles. The Hall–Kier alpha value is -1.69. The van der Waals surface area contributed by atoms with E-state index in [1.165, 1.54) is 0 Å². The zero-order valence-electron chi connectivity index (χ0n) is 10.6. The van der Waals surface area contributed by atoms with E-state index in [4.69, 9.17) is 23.2 Å². The molecular weight excluding hydrogens is 329 g/mol. The summed E-state index contributed by atoms with van der Waals surface area (Å²) in [6.07, 6.45) is 0. The minimum absolute atomic E-state index is 0.491. The van der Waals surface area contributed by atoms with Crippen molar-refractivity contribution in [3.8, 4) is 0 Å². The third-order valence-electron chi connectivity index (χ3n) is 2.81. The van der Waals surface area contributed by atoms with Crippen molar-refractivity contribution in [2.24, 2.45) is 8.80 Å². The zero-order valence-corrected chi connectivity index (χ0v) is 12.9. The van der Waals surface area contributed by atoms with Crippen LogP contribution in [0.4, 0.5) is 0 Å². The molecule has 1 aliphatic rings. The maximum absolute atomic E-state index is 11.8. The Morgan fingerprint density at radius 1 is 0.762 bits per heavy atom. The normalized spacial score (nSPS) is 15.1. The first kappa shape index (κ1) is 14.3. The molecule has 3 rings (SSSR count). The maximum atomic E-state index is 11.8. The first-order valence-electron chi connectivity index (χ1n) is 6.00. The van der Waals surface area contributed by atoms with Crippen LogP contribution < -0.4 is 5.32 Å². The number of nitrogens with zero attached hydrogens (tertiary/aromatic N) is 2. The Kier molecular flexibility index (Phi) is 4.05. The van der Waals surface area contributed by atoms with Gasteiger partial charge in [-0.15, -0.1) is 8.80 Å². The first-order chi connectivity index (χ1) is 10.1. The van der Waals surface area contributed by atoms with Gasteiger partial charge in [-0.1, -0.05) is 23.2 Å². The topological polar surface area (TPSA) is 53.8 Å². The smallest absolute Gasteiger partial charge is 0.269 e. The van der Waals surface area contributed by atoms with Crippen LogP contribution in [0.1, 0.15) is 11.1 Å². The van der Waals surface area contributed by atoms with Gasteiger partial charge in [0.05, 0.1) is 0 Å². The van der Waals surface area contributed by atoms with Crippen LogP contribution in [0.25, 0.3) is 0 Å². The number of hydrogen-bond donors (Lipinski definition) is 1. The molecule has 0 bridgehead atoms. The fraction of sp³-hybridized carbons (Fsp3) is 0. The van der Waals surface area contributed by atoms with Gasteiger partial charge in [-0.25, -0.2) is 4.21 Å². The largest absolute Gasteiger partial charge is 0.323 e. The van der Waals surface area contributed by atoms with E-state index < -0.39 is 11.2 Å². The van der Waals surface area contributed by atoms with Gasteiger partial charge < -0.3 is 5.32 Å². The quantitative estimate of drug-likeness (QED) is 0.913. The summed E-state index contributed by atoms with van der Waals surface area (Å²) >= 11 is 10.1. The van der Waals surface area contributed by atoms with E-state index >= 15 is 0 Å². The van der Waals surface area contributed by atoms with Crippen molar-refractivity contribution in [3.63, 3.8) is 0 Å². The Bertz CT molecular complexity index is 691. The van der Waals surface area contributed by atoms with E-state index in [2.05, 4.69) is 14.1 Å². The summed E-state index contributed by atoms with van der Waals surface area (Å²) < 4.78 is 19.8. The van der Waals surface area contributed by atoms with Gasteiger partial charge in [-0.05, 0) is 48.5 Å². The summed E-state index contributed by atoms with van der Waals surface area (Å²) in [7, 11) is 0. The lowest BCUT2D eigenvalue weighted by molar-refractivity contribution is 0.685. The number of halogens is 2. The SMILES string of the molecule is O=S1N=C(c2ccc(Cl)cc2)NC(c2ccc(Cl)cc2)=N1. The molecule has 7 heteroatoms. The second-order valence-corrected chi connectivity index (χ2v) is 5.95. The standard InChI is InChI=1S/C14H9Cl2N3OS/c15-11-5-1-9(2-6-11)13-17-14(19-21(20)18-13)10-3-7-12(16)8-4-10/h1-8H,(H,17,18,19). The van der Waals surface area contributed by atoms with E-state index in [0.29, 0.717) is 21.7 Å². The average Bonchev–Trinajstić information content (AvgIpc) is 2.48. The summed E-state index contributed by atoms with van der Waals surface area (Å²) in [5.41, 5.74) is 1.57. The van der Waals surface area contributed by atoms with Crippen LogP contribution in [0, 0.1) is 0 Å². The lowest BCUT2D eigenvalue weighted by atomic mass is 10.1. The molecule has 0 spiro atoms. The first-order valence-corrected chi connectivity index (χ1v) is 7.82. The Morgan fingerprint density at radius 3 is 1.52 bits per heavy atom. The van der Waals surface area contributed by atoms with Crippen LogP contribution in [-0.2, 0) is 11.2 Å². The van der Waals surface area contributed by atoms with Crippen LogP contribution in [0.3, 0.4) is 0 Å². The van der Waals surface area contributed by atoms with Crippen molar-refractivity contribution in [3.05, 3.63) is 69.7 Å². The fourth-order valence-electron chi connectivity index (χ4n) is 1.80. The molecule has 0 aliphatic carbocycles. The summed E-state index contributed by atoms with van der Waals surface area (Å²) in [5.74, 6) is 0.981. The molecule has 0 aromatic heterocycles. The summed E-state index contributed by atoms with van der Waals surface area (Å²) in [6.45, 7) is 0. The monoisotopic (exact) mass is 337 g/mol. The summed E-state index contributed by atoms with van der Waals surface area (Å²) in [4.78, 5) is 0. The number of benzene rings is 2. The third-order valence-corrected chi connectivity index (χ3v) is 3.99. The molecule has 106 valence electrons. The van der Waals surface area contributed by atoms with Crippen molar-refractivity contribution in [2.45, 2.75) is 0 Å². The molecule has 4 nitrogen and oxygen atoms in total. The van der Waals surface area contributed by atoms with Gasteiger partial charge in [0, 0.05) is 21.2 Å². The van der Waals surface area contributed by atoms with Crippen molar-refractivity contribution in [1.82, 2.24) is 5.32 Å². The number of rotatable bonds is 2. The van der Waals surface area contributed by atoms with Gasteiger partial charge in [0.1, 0.15) is 0 Å². The number of nitrogens with one attached hydrogen (secondary N) is 1. The highest BCUT2D eigenvalue weighted by Crippen LogP contribution is 2.15. The fourth-order valence-corrected chi connectivity index (χ4v) is 2.71. The lowest BCUT2D eigenvalue weighted by Gasteiger charge is -2.15. The Labute approximate surface area is 134 Å². The van der Waals surface area contributed by atoms with E-state index in [0.717, 1.165) is 11.1 Å². The van der Waals surface area contributed by atoms with Gasteiger partial charge >= 0.3 is 0 Å². The van der Waals surface area contributed by atoms with Crippen LogP contribution in [-0.4, -0.2) is 15.9 Å². The van der Waals surface area contributed by atoms with Crippen molar-refractivity contribution < 1.29 is 4.21 Å². The maximum Gasteiger partial charge on any atom is 0.269 e. The van der Waals surface area contributed by atoms with Crippen LogP contribution in [0.5, 0.6) is 0 Å². The van der Waals surface area contributed by atoms with Crippen molar-refractivity contribution in [1.29, 1.82) is 0 Å². The molecule has 0 atom stereocenters. The van der Waals surface area contributed by atoms with E-state index in [-0.39, 0.29) is 0 Å². The highest BCUT2D eigenvalue weighted by molar-refractivity contribution is 7.82. The minimum atomic E-state index is -1.66. The van der Waals surface area contributed by atoms with Crippen LogP contribution in [0.15, 0.2) is 57.3 Å². The highest BCUT2D eigenvalue weighted by Gasteiger charge is 2.16. The van der Waals surface area contributed by atoms with Gasteiger partial charge in [0.25, 0.3) is 11.2 Å². The molecule has 0 amide bonds. The number of hydrogen-bond acceptors (Lipinski definition) is 2. The second-order valence-electron chi connectivity index (χ2n) is 4.25. The molecule has 2 aromatic rings. The molecule has 0 unspecified atom stereocenters. The number of amidine groups is 2. The van der Waals surface area contributed by atoms with E-state index in [9.17, 15) is 4.21 Å². The van der Waals surface area contributed by atoms with Crippen LogP contribution >= 0.6 is 23.2 Å². The molecule has 2 aromatic carbocycles. The molecule has 1 aliphatic heterocycles. The predicted octanol–water partition coefficient (Wildman–Crippen LogP) is 3.37. The van der Waals surface area contributed by atoms with Gasteiger partial charge in [0.2, 0.25) is 0 Å². The molecule has 0 radical (unpaired) electrons. The Morgan fingerprint density at radius 2 is 1.14 bits per heavy atom. The molecule has 21 heavy (non-hydrogen) atoms. The molecule has 1 heterocycles. The lowest BCUT2D eigenvalue weighted by Crippen LogP contribution is -2.35. The van der Waals surface area contributed by atoms with Gasteiger partial charge in [-0.3, -0.25) is 0 Å². The van der Waals surface area contributed by atoms with E-state index in [1.807, 2.05) is 0 Å². The molecule has 0 fully saturated rings. The van der Waals surface area contributed by atoms with Crippen molar-refractivity contribution in [2.75, 3.05) is 0 Å². The molecule has 0 saturated carbocycles. The average molecular weight is 338 g/mol. The molecule has 1 N–H and O–H groups in total.